The van der Waals surface area contributed by atoms with Gasteiger partial charge in [0.05, 0.1) is 4.90 Å². The molecule has 2 aromatic carbocycles. The summed E-state index contributed by atoms with van der Waals surface area (Å²) in [7, 11) is -3.49. The summed E-state index contributed by atoms with van der Waals surface area (Å²) in [6.07, 6.45) is 9.28. The van der Waals surface area contributed by atoms with Crippen LogP contribution in [0.5, 0.6) is 0 Å². The van der Waals surface area contributed by atoms with E-state index in [0.29, 0.717) is 11.4 Å². The normalized spacial score (nSPS) is 16.4. The maximum Gasteiger partial charge on any atom is 0.243 e. The minimum atomic E-state index is -3.49. The van der Waals surface area contributed by atoms with Gasteiger partial charge in [0.2, 0.25) is 10.0 Å². The molecule has 26 heavy (non-hydrogen) atoms. The van der Waals surface area contributed by atoms with Crippen LogP contribution in [0.3, 0.4) is 0 Å². The summed E-state index contributed by atoms with van der Waals surface area (Å²) in [6.45, 7) is 2.38. The van der Waals surface area contributed by atoms with Crippen LogP contribution < -0.4 is 0 Å². The number of hydrogen-bond acceptors (Lipinski definition) is 2. The highest BCUT2D eigenvalue weighted by Crippen LogP contribution is 2.28. The van der Waals surface area contributed by atoms with Gasteiger partial charge in [-0.3, -0.25) is 0 Å². The molecule has 3 rings (SSSR count). The van der Waals surface area contributed by atoms with E-state index in [4.69, 9.17) is 0 Å². The van der Waals surface area contributed by atoms with Crippen molar-refractivity contribution in [3.8, 4) is 0 Å². The minimum Gasteiger partial charge on any atom is -0.207 e. The average Bonchev–Trinajstić information content (AvgIpc) is 2.67. The molecule has 3 nitrogen and oxygen atoms in total. The first-order valence-corrected chi connectivity index (χ1v) is 10.8. The van der Waals surface area contributed by atoms with Crippen LogP contribution in [0, 0.1) is 6.92 Å². The van der Waals surface area contributed by atoms with Gasteiger partial charge in [-0.2, -0.15) is 4.31 Å². The van der Waals surface area contributed by atoms with Gasteiger partial charge in [0.15, 0.2) is 0 Å². The summed E-state index contributed by atoms with van der Waals surface area (Å²) in [5.41, 5.74) is 2.15. The lowest BCUT2D eigenvalue weighted by atomic mass is 9.95. The van der Waals surface area contributed by atoms with Gasteiger partial charge in [0.25, 0.3) is 0 Å². The number of hydrogen-bond donors (Lipinski definition) is 0. The molecule has 1 aliphatic rings. The zero-order chi connectivity index (χ0) is 18.4. The first-order chi connectivity index (χ1) is 12.6. The monoisotopic (exact) mass is 369 g/mol. The van der Waals surface area contributed by atoms with Crippen molar-refractivity contribution >= 4 is 16.1 Å². The van der Waals surface area contributed by atoms with Crippen LogP contribution in [-0.4, -0.2) is 25.3 Å². The van der Waals surface area contributed by atoms with Gasteiger partial charge in [-0.15, -0.1) is 0 Å². The van der Waals surface area contributed by atoms with Crippen molar-refractivity contribution in [3.63, 3.8) is 0 Å². The Morgan fingerprint density at radius 3 is 2.27 bits per heavy atom. The summed E-state index contributed by atoms with van der Waals surface area (Å²) in [6, 6.07) is 17.3. The van der Waals surface area contributed by atoms with E-state index < -0.39 is 10.0 Å². The van der Waals surface area contributed by atoms with Gasteiger partial charge < -0.3 is 0 Å². The number of aryl methyl sites for hydroxylation is 1. The molecule has 2 aromatic rings. The fourth-order valence-corrected chi connectivity index (χ4v) is 5.15. The largest absolute Gasteiger partial charge is 0.243 e. The molecule has 0 N–H and O–H groups in total. The molecule has 0 aromatic heterocycles. The SMILES string of the molecule is Cc1ccc(S(=O)(=O)N(C/C=C\c2ccccc2)C2CCCCC2)cc1. The highest BCUT2D eigenvalue weighted by molar-refractivity contribution is 7.89. The third-order valence-electron chi connectivity index (χ3n) is 5.00. The topological polar surface area (TPSA) is 37.4 Å². The third-order valence-corrected chi connectivity index (χ3v) is 6.94. The number of benzene rings is 2. The highest BCUT2D eigenvalue weighted by atomic mass is 32.2. The Morgan fingerprint density at radius 1 is 0.962 bits per heavy atom. The number of nitrogens with zero attached hydrogens (tertiary/aromatic N) is 1. The third kappa shape index (κ3) is 4.63. The van der Waals surface area contributed by atoms with E-state index in [0.717, 1.165) is 36.8 Å². The molecule has 1 fully saturated rings. The summed E-state index contributed by atoms with van der Waals surface area (Å²) in [4.78, 5) is 0.391. The Kier molecular flexibility index (Phi) is 6.28. The van der Waals surface area contributed by atoms with Gasteiger partial charge in [0, 0.05) is 12.6 Å². The van der Waals surface area contributed by atoms with Gasteiger partial charge in [0.1, 0.15) is 0 Å². The van der Waals surface area contributed by atoms with E-state index in [-0.39, 0.29) is 6.04 Å². The first kappa shape index (κ1) is 18.9. The van der Waals surface area contributed by atoms with Crippen molar-refractivity contribution in [2.45, 2.75) is 50.0 Å². The molecule has 0 aliphatic heterocycles. The Bertz CT molecular complexity index is 820. The fraction of sp³-hybridized carbons (Fsp3) is 0.364. The van der Waals surface area contributed by atoms with Crippen molar-refractivity contribution in [2.75, 3.05) is 6.54 Å². The average molecular weight is 370 g/mol. The van der Waals surface area contributed by atoms with E-state index >= 15 is 0 Å². The maximum atomic E-state index is 13.3. The molecule has 1 aliphatic carbocycles. The molecule has 0 unspecified atom stereocenters. The lowest BCUT2D eigenvalue weighted by Gasteiger charge is -2.32. The van der Waals surface area contributed by atoms with Crippen LogP contribution >= 0.6 is 0 Å². The predicted molar refractivity (Wildman–Crippen MR) is 107 cm³/mol. The molecule has 0 heterocycles. The van der Waals surface area contributed by atoms with E-state index in [1.807, 2.05) is 61.5 Å². The van der Waals surface area contributed by atoms with Crippen LogP contribution in [0.1, 0.15) is 43.2 Å². The van der Waals surface area contributed by atoms with Crippen molar-refractivity contribution in [1.82, 2.24) is 4.31 Å². The lowest BCUT2D eigenvalue weighted by Crippen LogP contribution is -2.41. The summed E-state index contributed by atoms with van der Waals surface area (Å²) in [5, 5.41) is 0. The van der Waals surface area contributed by atoms with Crippen LogP contribution in [0.15, 0.2) is 65.6 Å². The molecule has 0 radical (unpaired) electrons. The predicted octanol–water partition coefficient (Wildman–Crippen LogP) is 5.03. The lowest BCUT2D eigenvalue weighted by molar-refractivity contribution is 0.269. The van der Waals surface area contributed by atoms with Crippen LogP contribution in [-0.2, 0) is 10.0 Å². The smallest absolute Gasteiger partial charge is 0.207 e. The number of rotatable bonds is 6. The zero-order valence-electron chi connectivity index (χ0n) is 15.3. The molecule has 0 amide bonds. The second kappa shape index (κ2) is 8.65. The van der Waals surface area contributed by atoms with Crippen LogP contribution in [0.25, 0.3) is 6.08 Å². The molecule has 4 heteroatoms. The van der Waals surface area contributed by atoms with Gasteiger partial charge >= 0.3 is 0 Å². The Labute approximate surface area is 157 Å². The van der Waals surface area contributed by atoms with Gasteiger partial charge in [-0.05, 0) is 37.5 Å². The molecule has 138 valence electrons. The van der Waals surface area contributed by atoms with Crippen molar-refractivity contribution in [2.24, 2.45) is 0 Å². The van der Waals surface area contributed by atoms with Crippen molar-refractivity contribution in [1.29, 1.82) is 0 Å². The zero-order valence-corrected chi connectivity index (χ0v) is 16.2. The van der Waals surface area contributed by atoms with E-state index in [1.54, 1.807) is 16.4 Å². The minimum absolute atomic E-state index is 0.0930. The van der Waals surface area contributed by atoms with E-state index in [9.17, 15) is 8.42 Å². The van der Waals surface area contributed by atoms with Crippen LogP contribution in [0.4, 0.5) is 0 Å². The second-order valence-corrected chi connectivity index (χ2v) is 8.88. The highest BCUT2D eigenvalue weighted by Gasteiger charge is 2.31. The molecule has 1 saturated carbocycles. The van der Waals surface area contributed by atoms with Crippen molar-refractivity contribution in [3.05, 3.63) is 71.8 Å². The molecule has 0 atom stereocenters. The maximum absolute atomic E-state index is 13.3. The van der Waals surface area contributed by atoms with E-state index in [2.05, 4.69) is 0 Å². The summed E-state index contributed by atoms with van der Waals surface area (Å²) in [5.74, 6) is 0. The quantitative estimate of drug-likeness (QED) is 0.716. The molecular formula is C22H27NO2S. The summed E-state index contributed by atoms with van der Waals surface area (Å²) < 4.78 is 28.3. The Morgan fingerprint density at radius 2 is 1.62 bits per heavy atom. The van der Waals surface area contributed by atoms with Gasteiger partial charge in [-0.25, -0.2) is 8.42 Å². The first-order valence-electron chi connectivity index (χ1n) is 9.37. The summed E-state index contributed by atoms with van der Waals surface area (Å²) >= 11 is 0. The second-order valence-electron chi connectivity index (χ2n) is 6.99. The number of sulfonamides is 1. The molecule has 0 bridgehead atoms. The fourth-order valence-electron chi connectivity index (χ4n) is 3.51. The molecule has 0 spiro atoms. The van der Waals surface area contributed by atoms with Gasteiger partial charge in [-0.1, -0.05) is 79.4 Å². The molecular weight excluding hydrogens is 342 g/mol. The Balaban J connectivity index is 1.85. The van der Waals surface area contributed by atoms with Crippen LogP contribution in [0.2, 0.25) is 0 Å². The van der Waals surface area contributed by atoms with Crippen molar-refractivity contribution < 1.29 is 8.42 Å². The molecule has 0 saturated heterocycles. The standard InChI is InChI=1S/C22H27NO2S/c1-19-14-16-22(17-15-19)26(24,25)23(21-12-6-3-7-13-21)18-8-11-20-9-4-2-5-10-20/h2,4-5,8-11,14-17,21H,3,6-7,12-13,18H2,1H3/b11-8-. The van der Waals surface area contributed by atoms with E-state index in [1.165, 1.54) is 6.42 Å². The Hall–Kier alpha value is -1.91.